The molecule has 1 aromatic heterocycles. The predicted octanol–water partition coefficient (Wildman–Crippen LogP) is 1.82. The fourth-order valence-electron chi connectivity index (χ4n) is 2.88. The summed E-state index contributed by atoms with van der Waals surface area (Å²) in [6.07, 6.45) is 5.33. The Labute approximate surface area is 124 Å². The average Bonchev–Trinajstić information content (AvgIpc) is 3.01. The number of aromatic nitrogens is 2. The van der Waals surface area contributed by atoms with E-state index in [0.717, 1.165) is 25.1 Å². The van der Waals surface area contributed by atoms with Gasteiger partial charge in [-0.25, -0.2) is 4.68 Å². The van der Waals surface area contributed by atoms with E-state index in [2.05, 4.69) is 12.0 Å². The number of nitrogens with two attached hydrogens (primary N) is 1. The van der Waals surface area contributed by atoms with Gasteiger partial charge in [0.25, 0.3) is 5.91 Å². The molecular weight excluding hydrogens is 264 g/mol. The minimum Gasteiger partial charge on any atom is -0.336 e. The Bertz CT molecular complexity index is 623. The lowest BCUT2D eigenvalue weighted by Gasteiger charge is -2.36. The zero-order chi connectivity index (χ0) is 14.8. The number of likely N-dealkylation sites (tertiary alicyclic amines) is 1. The van der Waals surface area contributed by atoms with Gasteiger partial charge in [-0.1, -0.05) is 6.07 Å². The second-order valence-corrected chi connectivity index (χ2v) is 5.63. The van der Waals surface area contributed by atoms with Gasteiger partial charge in [0, 0.05) is 36.6 Å². The molecule has 0 saturated carbocycles. The molecular formula is C16H20N4O. The number of carbonyl (C=O) groups is 1. The van der Waals surface area contributed by atoms with Crippen LogP contribution in [-0.2, 0) is 0 Å². The van der Waals surface area contributed by atoms with Gasteiger partial charge >= 0.3 is 0 Å². The summed E-state index contributed by atoms with van der Waals surface area (Å²) in [4.78, 5) is 14.6. The highest BCUT2D eigenvalue weighted by molar-refractivity contribution is 5.95. The zero-order valence-corrected chi connectivity index (χ0v) is 12.1. The second kappa shape index (κ2) is 5.69. The van der Waals surface area contributed by atoms with E-state index in [1.165, 1.54) is 0 Å². The van der Waals surface area contributed by atoms with Crippen molar-refractivity contribution in [3.8, 4) is 5.69 Å². The van der Waals surface area contributed by atoms with Gasteiger partial charge in [-0.3, -0.25) is 4.79 Å². The van der Waals surface area contributed by atoms with Gasteiger partial charge in [-0.2, -0.15) is 5.10 Å². The molecule has 1 aliphatic rings. The van der Waals surface area contributed by atoms with Gasteiger partial charge in [0.2, 0.25) is 0 Å². The number of benzene rings is 1. The number of nitrogens with zero attached hydrogens (tertiary/aromatic N) is 3. The van der Waals surface area contributed by atoms with Gasteiger partial charge < -0.3 is 10.6 Å². The molecule has 0 unspecified atom stereocenters. The minimum atomic E-state index is 0.0726. The molecule has 1 aliphatic heterocycles. The first kappa shape index (κ1) is 13.8. The summed E-state index contributed by atoms with van der Waals surface area (Å²) in [6, 6.07) is 9.84. The third-order valence-corrected chi connectivity index (χ3v) is 4.04. The van der Waals surface area contributed by atoms with E-state index in [4.69, 9.17) is 5.73 Å². The third-order valence-electron chi connectivity index (χ3n) is 4.04. The summed E-state index contributed by atoms with van der Waals surface area (Å²) in [6.45, 7) is 2.79. The van der Waals surface area contributed by atoms with Crippen LogP contribution < -0.4 is 5.73 Å². The molecule has 0 radical (unpaired) electrons. The van der Waals surface area contributed by atoms with Crippen molar-refractivity contribution in [1.29, 1.82) is 0 Å². The van der Waals surface area contributed by atoms with E-state index >= 15 is 0 Å². The maximum Gasteiger partial charge on any atom is 0.254 e. The largest absolute Gasteiger partial charge is 0.336 e. The van der Waals surface area contributed by atoms with E-state index < -0.39 is 0 Å². The highest BCUT2D eigenvalue weighted by Crippen LogP contribution is 2.20. The molecule has 1 aromatic carbocycles. The van der Waals surface area contributed by atoms with Crippen molar-refractivity contribution >= 4 is 5.91 Å². The first-order valence-corrected chi connectivity index (χ1v) is 7.32. The molecule has 5 heteroatoms. The van der Waals surface area contributed by atoms with Gasteiger partial charge in [-0.05, 0) is 44.0 Å². The predicted molar refractivity (Wildman–Crippen MR) is 81.3 cm³/mol. The Balaban J connectivity index is 1.83. The fourth-order valence-corrected chi connectivity index (χ4v) is 2.88. The van der Waals surface area contributed by atoms with E-state index in [0.29, 0.717) is 5.56 Å². The van der Waals surface area contributed by atoms with Crippen molar-refractivity contribution < 1.29 is 4.79 Å². The first-order valence-electron chi connectivity index (χ1n) is 7.32. The summed E-state index contributed by atoms with van der Waals surface area (Å²) in [7, 11) is 0. The van der Waals surface area contributed by atoms with Crippen molar-refractivity contribution in [1.82, 2.24) is 14.7 Å². The molecule has 2 aromatic rings. The third kappa shape index (κ3) is 2.83. The number of carbonyl (C=O) groups excluding carboxylic acids is 1. The molecule has 110 valence electrons. The molecule has 0 aliphatic carbocycles. The molecule has 2 N–H and O–H groups in total. The van der Waals surface area contributed by atoms with Crippen LogP contribution in [0.1, 0.15) is 30.1 Å². The van der Waals surface area contributed by atoms with Crippen LogP contribution in [0.5, 0.6) is 0 Å². The Morgan fingerprint density at radius 3 is 2.95 bits per heavy atom. The number of hydrogen-bond acceptors (Lipinski definition) is 3. The van der Waals surface area contributed by atoms with Crippen molar-refractivity contribution in [2.45, 2.75) is 31.8 Å². The molecule has 1 saturated heterocycles. The van der Waals surface area contributed by atoms with Gasteiger partial charge in [-0.15, -0.1) is 0 Å². The molecule has 0 spiro atoms. The number of piperidine rings is 1. The van der Waals surface area contributed by atoms with Crippen LogP contribution in [0.25, 0.3) is 5.69 Å². The first-order chi connectivity index (χ1) is 10.1. The number of hydrogen-bond donors (Lipinski definition) is 1. The summed E-state index contributed by atoms with van der Waals surface area (Å²) in [5, 5.41) is 4.20. The Kier molecular flexibility index (Phi) is 3.75. The lowest BCUT2D eigenvalue weighted by Crippen LogP contribution is -2.48. The van der Waals surface area contributed by atoms with E-state index in [-0.39, 0.29) is 18.0 Å². The monoisotopic (exact) mass is 284 g/mol. The van der Waals surface area contributed by atoms with Crippen molar-refractivity contribution in [3.63, 3.8) is 0 Å². The van der Waals surface area contributed by atoms with Crippen LogP contribution in [0, 0.1) is 0 Å². The fraction of sp³-hybridized carbons (Fsp3) is 0.375. The maximum atomic E-state index is 12.7. The highest BCUT2D eigenvalue weighted by Gasteiger charge is 2.27. The van der Waals surface area contributed by atoms with Gasteiger partial charge in [0.1, 0.15) is 0 Å². The summed E-state index contributed by atoms with van der Waals surface area (Å²) in [5.41, 5.74) is 7.56. The minimum absolute atomic E-state index is 0.0726. The standard InChI is InChI=1S/C16H20N4O/c1-12-10-14(17)6-9-19(12)16(21)13-4-2-5-15(11-13)20-8-3-7-18-20/h2-5,7-8,11-12,14H,6,9-10,17H2,1H3/t12-,14+/m0/s1. The molecule has 1 amide bonds. The topological polar surface area (TPSA) is 64.2 Å². The zero-order valence-electron chi connectivity index (χ0n) is 12.1. The molecule has 1 fully saturated rings. The Morgan fingerprint density at radius 2 is 2.24 bits per heavy atom. The van der Waals surface area contributed by atoms with Gasteiger partial charge in [0.05, 0.1) is 5.69 Å². The lowest BCUT2D eigenvalue weighted by atomic mass is 9.98. The molecule has 0 bridgehead atoms. The molecule has 2 atom stereocenters. The Morgan fingerprint density at radius 1 is 1.38 bits per heavy atom. The summed E-state index contributed by atoms with van der Waals surface area (Å²) in [5.74, 6) is 0.0726. The molecule has 3 rings (SSSR count). The van der Waals surface area contributed by atoms with Crippen molar-refractivity contribution in [2.75, 3.05) is 6.54 Å². The number of rotatable bonds is 2. The molecule has 2 heterocycles. The lowest BCUT2D eigenvalue weighted by molar-refractivity contribution is 0.0619. The van der Waals surface area contributed by atoms with Crippen LogP contribution in [-0.4, -0.2) is 39.2 Å². The highest BCUT2D eigenvalue weighted by atomic mass is 16.2. The Hall–Kier alpha value is -2.14. The maximum absolute atomic E-state index is 12.7. The van der Waals surface area contributed by atoms with Crippen molar-refractivity contribution in [2.24, 2.45) is 5.73 Å². The smallest absolute Gasteiger partial charge is 0.254 e. The average molecular weight is 284 g/mol. The van der Waals surface area contributed by atoms with Crippen LogP contribution in [0.3, 0.4) is 0 Å². The van der Waals surface area contributed by atoms with E-state index in [1.807, 2.05) is 41.4 Å². The van der Waals surface area contributed by atoms with Crippen LogP contribution in [0.2, 0.25) is 0 Å². The van der Waals surface area contributed by atoms with Crippen molar-refractivity contribution in [3.05, 3.63) is 48.3 Å². The van der Waals surface area contributed by atoms with Crippen LogP contribution >= 0.6 is 0 Å². The molecule has 5 nitrogen and oxygen atoms in total. The number of amides is 1. The normalized spacial score (nSPS) is 22.3. The second-order valence-electron chi connectivity index (χ2n) is 5.63. The SMILES string of the molecule is C[C@H]1C[C@H](N)CCN1C(=O)c1cccc(-n2cccn2)c1. The summed E-state index contributed by atoms with van der Waals surface area (Å²) >= 11 is 0. The summed E-state index contributed by atoms with van der Waals surface area (Å²) < 4.78 is 1.76. The van der Waals surface area contributed by atoms with E-state index in [9.17, 15) is 4.79 Å². The van der Waals surface area contributed by atoms with Gasteiger partial charge in [0.15, 0.2) is 0 Å². The van der Waals surface area contributed by atoms with E-state index in [1.54, 1.807) is 10.9 Å². The van der Waals surface area contributed by atoms with Crippen LogP contribution in [0.15, 0.2) is 42.7 Å². The van der Waals surface area contributed by atoms with Crippen LogP contribution in [0.4, 0.5) is 0 Å². The molecule has 21 heavy (non-hydrogen) atoms. The quantitative estimate of drug-likeness (QED) is 0.915.